The molecule has 0 aromatic rings. The third-order valence-corrected chi connectivity index (χ3v) is 1.94. The van der Waals surface area contributed by atoms with E-state index < -0.39 is 18.2 Å². The molecular formula is C15H29NO7. The van der Waals surface area contributed by atoms with Crippen molar-refractivity contribution in [3.05, 3.63) is 0 Å². The molecule has 0 aliphatic heterocycles. The molecule has 8 heteroatoms. The summed E-state index contributed by atoms with van der Waals surface area (Å²) >= 11 is 0. The number of carbonyl (C=O) groups is 3. The monoisotopic (exact) mass is 335 g/mol. The summed E-state index contributed by atoms with van der Waals surface area (Å²) < 4.78 is 14.1. The Labute approximate surface area is 137 Å². The van der Waals surface area contributed by atoms with Gasteiger partial charge in [-0.1, -0.05) is 0 Å². The van der Waals surface area contributed by atoms with Crippen LogP contribution in [-0.4, -0.2) is 61.5 Å². The number of aliphatic hydroxyl groups is 1. The lowest BCUT2D eigenvalue weighted by Crippen LogP contribution is -2.27. The molecular weight excluding hydrogens is 306 g/mol. The molecule has 0 heterocycles. The van der Waals surface area contributed by atoms with Crippen LogP contribution in [0.15, 0.2) is 0 Å². The second-order valence-corrected chi connectivity index (χ2v) is 5.28. The number of rotatable bonds is 8. The first-order valence-electron chi connectivity index (χ1n) is 7.50. The van der Waals surface area contributed by atoms with Crippen LogP contribution < -0.4 is 5.32 Å². The molecule has 0 rings (SSSR count). The number of aliphatic hydroxyl groups excluding tert-OH is 1. The largest absolute Gasteiger partial charge is 0.466 e. The maximum atomic E-state index is 10.8. The predicted octanol–water partition coefficient (Wildman–Crippen LogP) is 0.413. The minimum atomic E-state index is -0.581. The lowest BCUT2D eigenvalue weighted by molar-refractivity contribution is -0.158. The topological polar surface area (TPSA) is 111 Å². The third kappa shape index (κ3) is 20.3. The lowest BCUT2D eigenvalue weighted by Gasteiger charge is -2.18. The highest BCUT2D eigenvalue weighted by molar-refractivity contribution is 5.72. The van der Waals surface area contributed by atoms with Gasteiger partial charge in [-0.3, -0.25) is 9.59 Å². The van der Waals surface area contributed by atoms with Gasteiger partial charge in [-0.05, 0) is 34.6 Å². The van der Waals surface area contributed by atoms with Crippen LogP contribution in [0.3, 0.4) is 0 Å². The van der Waals surface area contributed by atoms with Gasteiger partial charge in [0.25, 0.3) is 0 Å². The molecule has 0 amide bonds. The SMILES string of the molecule is CC(C)(C)OC(=O)CO.CCOC(=O)CCNCC(=O)OCC. The number of hydrogen-bond donors (Lipinski definition) is 2. The van der Waals surface area contributed by atoms with Gasteiger partial charge in [-0.15, -0.1) is 0 Å². The van der Waals surface area contributed by atoms with Crippen LogP contribution in [0.5, 0.6) is 0 Å². The summed E-state index contributed by atoms with van der Waals surface area (Å²) in [7, 11) is 0. The van der Waals surface area contributed by atoms with E-state index in [1.165, 1.54) is 0 Å². The molecule has 0 saturated heterocycles. The molecule has 0 saturated carbocycles. The fourth-order valence-electron chi connectivity index (χ4n) is 1.20. The average Bonchev–Trinajstić information content (AvgIpc) is 2.43. The van der Waals surface area contributed by atoms with Crippen LogP contribution in [-0.2, 0) is 28.6 Å². The molecule has 136 valence electrons. The molecule has 23 heavy (non-hydrogen) atoms. The fourth-order valence-corrected chi connectivity index (χ4v) is 1.20. The van der Waals surface area contributed by atoms with Crippen LogP contribution in [0, 0.1) is 0 Å². The Balaban J connectivity index is 0. The highest BCUT2D eigenvalue weighted by Crippen LogP contribution is 2.05. The van der Waals surface area contributed by atoms with Crippen molar-refractivity contribution >= 4 is 17.9 Å². The van der Waals surface area contributed by atoms with Crippen molar-refractivity contribution in [2.75, 3.05) is 32.9 Å². The number of carbonyl (C=O) groups excluding carboxylic acids is 3. The standard InChI is InChI=1S/C9H17NO4.C6H12O3/c1-3-13-8(11)5-6-10-7-9(12)14-4-2;1-6(2,3)9-5(8)4-7/h10H,3-7H2,1-2H3;7H,4H2,1-3H3. The average molecular weight is 335 g/mol. The zero-order chi connectivity index (χ0) is 18.3. The Morgan fingerprint density at radius 1 is 0.957 bits per heavy atom. The maximum absolute atomic E-state index is 10.8. The molecule has 8 nitrogen and oxygen atoms in total. The van der Waals surface area contributed by atoms with Gasteiger partial charge in [0.2, 0.25) is 0 Å². The smallest absolute Gasteiger partial charge is 0.332 e. The van der Waals surface area contributed by atoms with Gasteiger partial charge in [0.1, 0.15) is 12.2 Å². The van der Waals surface area contributed by atoms with Gasteiger partial charge in [-0.25, -0.2) is 4.79 Å². The molecule has 0 aromatic heterocycles. The molecule has 0 aliphatic rings. The van der Waals surface area contributed by atoms with E-state index >= 15 is 0 Å². The molecule has 2 N–H and O–H groups in total. The van der Waals surface area contributed by atoms with Crippen molar-refractivity contribution < 1.29 is 33.7 Å². The normalized spacial score (nSPS) is 10.2. The highest BCUT2D eigenvalue weighted by Gasteiger charge is 2.14. The lowest BCUT2D eigenvalue weighted by atomic mass is 10.2. The van der Waals surface area contributed by atoms with Crippen molar-refractivity contribution in [3.8, 4) is 0 Å². The summed E-state index contributed by atoms with van der Waals surface area (Å²) in [4.78, 5) is 32.0. The summed E-state index contributed by atoms with van der Waals surface area (Å²) in [5.41, 5.74) is -0.486. The van der Waals surface area contributed by atoms with E-state index in [0.717, 1.165) is 0 Å². The van der Waals surface area contributed by atoms with E-state index in [4.69, 9.17) is 14.6 Å². The van der Waals surface area contributed by atoms with E-state index in [0.29, 0.717) is 19.8 Å². The van der Waals surface area contributed by atoms with E-state index in [9.17, 15) is 14.4 Å². The molecule has 0 spiro atoms. The van der Waals surface area contributed by atoms with Crippen molar-refractivity contribution in [2.24, 2.45) is 0 Å². The van der Waals surface area contributed by atoms with Gasteiger partial charge in [0.05, 0.1) is 26.2 Å². The summed E-state index contributed by atoms with van der Waals surface area (Å²) in [6.07, 6.45) is 0.271. The van der Waals surface area contributed by atoms with Gasteiger partial charge in [-0.2, -0.15) is 0 Å². The number of nitrogens with one attached hydrogen (secondary N) is 1. The van der Waals surface area contributed by atoms with Gasteiger partial charge >= 0.3 is 17.9 Å². The minimum absolute atomic E-state index is 0.132. The minimum Gasteiger partial charge on any atom is -0.466 e. The first-order chi connectivity index (χ1) is 10.7. The summed E-state index contributed by atoms with van der Waals surface area (Å²) in [5, 5.41) is 11.0. The third-order valence-electron chi connectivity index (χ3n) is 1.94. The van der Waals surface area contributed by atoms with Crippen LogP contribution in [0.25, 0.3) is 0 Å². The Kier molecular flexibility index (Phi) is 14.3. The van der Waals surface area contributed by atoms with E-state index in [2.05, 4.69) is 10.1 Å². The van der Waals surface area contributed by atoms with Crippen LogP contribution in [0.1, 0.15) is 41.0 Å². The Hall–Kier alpha value is -1.67. The van der Waals surface area contributed by atoms with Gasteiger partial charge in [0.15, 0.2) is 0 Å². The van der Waals surface area contributed by atoms with Crippen molar-refractivity contribution in [2.45, 2.75) is 46.6 Å². The maximum Gasteiger partial charge on any atom is 0.332 e. The Morgan fingerprint density at radius 3 is 1.87 bits per heavy atom. The summed E-state index contributed by atoms with van der Waals surface area (Å²) in [5.74, 6) is -1.15. The molecule has 0 aliphatic carbocycles. The van der Waals surface area contributed by atoms with Crippen LogP contribution >= 0.6 is 0 Å². The molecule has 0 atom stereocenters. The van der Waals surface area contributed by atoms with Crippen molar-refractivity contribution in [1.82, 2.24) is 5.32 Å². The molecule has 0 aromatic carbocycles. The molecule has 0 bridgehead atoms. The predicted molar refractivity (Wildman–Crippen MR) is 83.7 cm³/mol. The summed E-state index contributed by atoms with van der Waals surface area (Å²) in [6, 6.07) is 0. The van der Waals surface area contributed by atoms with E-state index in [1.807, 2.05) is 0 Å². The first kappa shape index (κ1) is 23.6. The molecule has 0 radical (unpaired) electrons. The Morgan fingerprint density at radius 2 is 1.48 bits per heavy atom. The highest BCUT2D eigenvalue weighted by atomic mass is 16.6. The van der Waals surface area contributed by atoms with Crippen LogP contribution in [0.2, 0.25) is 0 Å². The molecule has 0 fully saturated rings. The molecule has 0 unspecified atom stereocenters. The second-order valence-electron chi connectivity index (χ2n) is 5.28. The van der Waals surface area contributed by atoms with E-state index in [1.54, 1.807) is 34.6 Å². The zero-order valence-corrected chi connectivity index (χ0v) is 14.6. The van der Waals surface area contributed by atoms with Crippen molar-refractivity contribution in [3.63, 3.8) is 0 Å². The number of esters is 3. The fraction of sp³-hybridized carbons (Fsp3) is 0.800. The van der Waals surface area contributed by atoms with Gasteiger partial charge < -0.3 is 24.6 Å². The number of ether oxygens (including phenoxy) is 3. The second kappa shape index (κ2) is 14.0. The zero-order valence-electron chi connectivity index (χ0n) is 14.6. The van der Waals surface area contributed by atoms with Crippen molar-refractivity contribution in [1.29, 1.82) is 0 Å². The quantitative estimate of drug-likeness (QED) is 0.373. The first-order valence-corrected chi connectivity index (χ1v) is 7.50. The summed E-state index contributed by atoms with van der Waals surface area (Å²) in [6.45, 7) is 9.53. The number of hydrogen-bond acceptors (Lipinski definition) is 8. The van der Waals surface area contributed by atoms with Crippen LogP contribution in [0.4, 0.5) is 0 Å². The van der Waals surface area contributed by atoms with E-state index in [-0.39, 0.29) is 24.9 Å². The van der Waals surface area contributed by atoms with Gasteiger partial charge in [0, 0.05) is 6.54 Å². The Bertz CT molecular complexity index is 330.